The average molecular weight is 247 g/mol. The SMILES string of the molecule is CCSn1nccc1C1C=C/C=C(/N)C/C=C\1. The van der Waals surface area contributed by atoms with Crippen molar-refractivity contribution in [1.82, 2.24) is 9.19 Å². The van der Waals surface area contributed by atoms with Crippen molar-refractivity contribution in [3.05, 3.63) is 54.0 Å². The summed E-state index contributed by atoms with van der Waals surface area (Å²) in [5, 5.41) is 4.32. The lowest BCUT2D eigenvalue weighted by Gasteiger charge is -2.11. The highest BCUT2D eigenvalue weighted by Crippen LogP contribution is 2.23. The lowest BCUT2D eigenvalue weighted by Crippen LogP contribution is -2.03. The Morgan fingerprint density at radius 1 is 1.53 bits per heavy atom. The van der Waals surface area contributed by atoms with Gasteiger partial charge in [-0.15, -0.1) is 0 Å². The van der Waals surface area contributed by atoms with Crippen LogP contribution in [0.2, 0.25) is 0 Å². The van der Waals surface area contributed by atoms with E-state index in [1.54, 1.807) is 11.9 Å². The van der Waals surface area contributed by atoms with Crippen molar-refractivity contribution < 1.29 is 0 Å². The smallest absolute Gasteiger partial charge is 0.0619 e. The van der Waals surface area contributed by atoms with E-state index >= 15 is 0 Å². The zero-order valence-electron chi connectivity index (χ0n) is 9.91. The molecule has 1 aliphatic rings. The van der Waals surface area contributed by atoms with Crippen LogP contribution in [0, 0.1) is 0 Å². The molecule has 0 fully saturated rings. The molecule has 17 heavy (non-hydrogen) atoms. The van der Waals surface area contributed by atoms with Crippen molar-refractivity contribution in [3.63, 3.8) is 0 Å². The second-order valence-corrected chi connectivity index (χ2v) is 5.01. The van der Waals surface area contributed by atoms with Crippen molar-refractivity contribution in [2.45, 2.75) is 19.3 Å². The summed E-state index contributed by atoms with van der Waals surface area (Å²) in [6.07, 6.45) is 13.1. The van der Waals surface area contributed by atoms with Crippen LogP contribution in [-0.2, 0) is 0 Å². The molecular weight excluding hydrogens is 230 g/mol. The Balaban J connectivity index is 2.24. The first-order valence-electron chi connectivity index (χ1n) is 5.78. The highest BCUT2D eigenvalue weighted by Gasteiger charge is 2.11. The molecule has 2 rings (SSSR count). The van der Waals surface area contributed by atoms with E-state index in [1.807, 2.05) is 22.4 Å². The summed E-state index contributed by atoms with van der Waals surface area (Å²) in [6, 6.07) is 2.07. The van der Waals surface area contributed by atoms with E-state index < -0.39 is 0 Å². The quantitative estimate of drug-likeness (QED) is 0.835. The Hall–Kier alpha value is -1.42. The third kappa shape index (κ3) is 3.03. The van der Waals surface area contributed by atoms with Crippen molar-refractivity contribution in [1.29, 1.82) is 0 Å². The maximum Gasteiger partial charge on any atom is 0.0619 e. The van der Waals surface area contributed by atoms with Gasteiger partial charge in [0, 0.05) is 23.8 Å². The third-order valence-corrected chi connectivity index (χ3v) is 3.36. The van der Waals surface area contributed by atoms with Gasteiger partial charge in [0.05, 0.1) is 11.9 Å². The lowest BCUT2D eigenvalue weighted by atomic mass is 10.0. The maximum absolute atomic E-state index is 5.78. The number of nitrogens with two attached hydrogens (primary N) is 1. The van der Waals surface area contributed by atoms with Gasteiger partial charge in [0.2, 0.25) is 0 Å². The van der Waals surface area contributed by atoms with Crippen LogP contribution in [0.5, 0.6) is 0 Å². The molecule has 0 spiro atoms. The van der Waals surface area contributed by atoms with Crippen LogP contribution in [0.4, 0.5) is 0 Å². The highest BCUT2D eigenvalue weighted by molar-refractivity contribution is 7.97. The standard InChI is InChI=1S/C13H17N3S/c1-2-17-16-13(9-10-15-16)11-5-3-7-12(14)8-4-6-11/h3-7,9-11H,2,8,14H2,1H3/b5-3?,6-4-,12-7+. The molecule has 1 aromatic heterocycles. The summed E-state index contributed by atoms with van der Waals surface area (Å²) in [6.45, 7) is 2.13. The van der Waals surface area contributed by atoms with Gasteiger partial charge in [-0.25, -0.2) is 4.09 Å². The van der Waals surface area contributed by atoms with Gasteiger partial charge in [0.15, 0.2) is 0 Å². The molecule has 1 unspecified atom stereocenters. The Morgan fingerprint density at radius 3 is 3.24 bits per heavy atom. The fourth-order valence-electron chi connectivity index (χ4n) is 1.75. The second-order valence-electron chi connectivity index (χ2n) is 3.83. The molecule has 0 saturated heterocycles. The van der Waals surface area contributed by atoms with Crippen molar-refractivity contribution in [2.24, 2.45) is 5.73 Å². The second kappa shape index (κ2) is 5.77. The minimum Gasteiger partial charge on any atom is -0.402 e. The highest BCUT2D eigenvalue weighted by atomic mass is 32.2. The van der Waals surface area contributed by atoms with Crippen molar-refractivity contribution in [3.8, 4) is 0 Å². The van der Waals surface area contributed by atoms with Crippen LogP contribution in [0.1, 0.15) is 25.0 Å². The Morgan fingerprint density at radius 2 is 2.41 bits per heavy atom. The molecule has 1 heterocycles. The molecule has 0 radical (unpaired) electrons. The summed E-state index contributed by atoms with van der Waals surface area (Å²) in [5.41, 5.74) is 7.89. The normalized spacial score (nSPS) is 24.8. The number of allylic oxidation sites excluding steroid dienone is 5. The number of nitrogens with zero attached hydrogens (tertiary/aromatic N) is 2. The van der Waals surface area contributed by atoms with E-state index in [2.05, 4.69) is 36.3 Å². The van der Waals surface area contributed by atoms with Crippen LogP contribution in [0.15, 0.2) is 48.3 Å². The van der Waals surface area contributed by atoms with Crippen LogP contribution in [0.25, 0.3) is 0 Å². The van der Waals surface area contributed by atoms with Gasteiger partial charge in [0.1, 0.15) is 0 Å². The van der Waals surface area contributed by atoms with Crippen molar-refractivity contribution in [2.75, 3.05) is 5.75 Å². The van der Waals surface area contributed by atoms with Gasteiger partial charge in [-0.3, -0.25) is 0 Å². The third-order valence-electron chi connectivity index (χ3n) is 2.56. The largest absolute Gasteiger partial charge is 0.402 e. The molecule has 3 nitrogen and oxygen atoms in total. The van der Waals surface area contributed by atoms with Crippen LogP contribution < -0.4 is 5.73 Å². The molecule has 4 heteroatoms. The van der Waals surface area contributed by atoms with E-state index in [4.69, 9.17) is 5.73 Å². The van der Waals surface area contributed by atoms with Gasteiger partial charge in [-0.1, -0.05) is 31.2 Å². The predicted molar refractivity (Wildman–Crippen MR) is 73.7 cm³/mol. The van der Waals surface area contributed by atoms with Crippen LogP contribution in [0.3, 0.4) is 0 Å². The lowest BCUT2D eigenvalue weighted by molar-refractivity contribution is 0.889. The van der Waals surface area contributed by atoms with Gasteiger partial charge >= 0.3 is 0 Å². The monoisotopic (exact) mass is 247 g/mol. The molecule has 90 valence electrons. The molecule has 0 bridgehead atoms. The topological polar surface area (TPSA) is 43.8 Å². The van der Waals surface area contributed by atoms with Crippen molar-refractivity contribution >= 4 is 11.9 Å². The molecule has 1 atom stereocenters. The molecule has 0 saturated carbocycles. The van der Waals surface area contributed by atoms with Gasteiger partial charge < -0.3 is 5.73 Å². The zero-order valence-corrected chi connectivity index (χ0v) is 10.7. The number of rotatable bonds is 3. The molecule has 0 aliphatic heterocycles. The predicted octanol–water partition coefficient (Wildman–Crippen LogP) is 2.84. The molecular formula is C13H17N3S. The molecule has 1 aliphatic carbocycles. The fourth-order valence-corrected chi connectivity index (χ4v) is 2.45. The fraction of sp³-hybridized carbons (Fsp3) is 0.308. The van der Waals surface area contributed by atoms with Crippen LogP contribution in [-0.4, -0.2) is 14.9 Å². The summed E-state index contributed by atoms with van der Waals surface area (Å²) >= 11 is 1.71. The first-order chi connectivity index (χ1) is 8.31. The van der Waals surface area contributed by atoms with E-state index in [-0.39, 0.29) is 5.92 Å². The van der Waals surface area contributed by atoms with E-state index in [1.165, 1.54) is 5.69 Å². The molecule has 0 aromatic carbocycles. The zero-order chi connectivity index (χ0) is 12.1. The van der Waals surface area contributed by atoms with E-state index in [9.17, 15) is 0 Å². The molecule has 1 aromatic rings. The van der Waals surface area contributed by atoms with Gasteiger partial charge in [-0.2, -0.15) is 5.10 Å². The van der Waals surface area contributed by atoms with Crippen LogP contribution >= 0.6 is 11.9 Å². The van der Waals surface area contributed by atoms with Gasteiger partial charge in [0.25, 0.3) is 0 Å². The summed E-state index contributed by atoms with van der Waals surface area (Å²) < 4.78 is 1.99. The van der Waals surface area contributed by atoms with E-state index in [0.717, 1.165) is 17.9 Å². The Labute approximate surface area is 106 Å². The van der Waals surface area contributed by atoms with Gasteiger partial charge in [-0.05, 0) is 24.1 Å². The number of aromatic nitrogens is 2. The molecule has 0 amide bonds. The molecule has 2 N–H and O–H groups in total. The number of hydrogen-bond donors (Lipinski definition) is 1. The first kappa shape index (κ1) is 12.0. The minimum absolute atomic E-state index is 0.279. The maximum atomic E-state index is 5.78. The average Bonchev–Trinajstić information content (AvgIpc) is 2.72. The first-order valence-corrected chi connectivity index (χ1v) is 6.72. The van der Waals surface area contributed by atoms with E-state index in [0.29, 0.717) is 0 Å². The Bertz CT molecular complexity index is 457. The Kier molecular flexibility index (Phi) is 4.09. The minimum atomic E-state index is 0.279. The summed E-state index contributed by atoms with van der Waals surface area (Å²) in [5.74, 6) is 1.29. The summed E-state index contributed by atoms with van der Waals surface area (Å²) in [4.78, 5) is 0. The number of hydrogen-bond acceptors (Lipinski definition) is 3. The summed E-state index contributed by atoms with van der Waals surface area (Å²) in [7, 11) is 0.